The van der Waals surface area contributed by atoms with E-state index in [1.54, 1.807) is 7.11 Å². The molecule has 4 N–H and O–H groups in total. The molecule has 10 nitrogen and oxygen atoms in total. The first-order valence-corrected chi connectivity index (χ1v) is 9.83. The molecule has 2 aromatic heterocycles. The zero-order valence-electron chi connectivity index (χ0n) is 17.8. The monoisotopic (exact) mass is 421 g/mol. The van der Waals surface area contributed by atoms with Gasteiger partial charge in [-0.25, -0.2) is 4.79 Å². The number of nitrogens with zero attached hydrogens (tertiary/aromatic N) is 3. The summed E-state index contributed by atoms with van der Waals surface area (Å²) in [6.07, 6.45) is 5.95. The van der Waals surface area contributed by atoms with Crippen LogP contribution in [-0.4, -0.2) is 50.9 Å². The molecule has 30 heavy (non-hydrogen) atoms. The molecule has 0 saturated heterocycles. The van der Waals surface area contributed by atoms with Gasteiger partial charge in [0.2, 0.25) is 0 Å². The Morgan fingerprint density at radius 2 is 2.03 bits per heavy atom. The molecule has 0 bridgehead atoms. The van der Waals surface area contributed by atoms with E-state index in [1.807, 2.05) is 26.0 Å². The highest BCUT2D eigenvalue weighted by Crippen LogP contribution is 2.17. The Morgan fingerprint density at radius 1 is 1.30 bits per heavy atom. The Morgan fingerprint density at radius 3 is 2.70 bits per heavy atom. The van der Waals surface area contributed by atoms with Gasteiger partial charge >= 0.3 is 17.7 Å². The number of anilines is 1. The number of ether oxygens (including phenoxy) is 2. The van der Waals surface area contributed by atoms with Crippen molar-refractivity contribution < 1.29 is 19.4 Å². The van der Waals surface area contributed by atoms with Gasteiger partial charge in [-0.3, -0.25) is 9.36 Å². The summed E-state index contributed by atoms with van der Waals surface area (Å²) in [5, 5.41) is 8.70. The predicted molar refractivity (Wildman–Crippen MR) is 116 cm³/mol. The summed E-state index contributed by atoms with van der Waals surface area (Å²) in [4.78, 5) is 33.7. The van der Waals surface area contributed by atoms with Gasteiger partial charge in [-0.2, -0.15) is 9.97 Å². The van der Waals surface area contributed by atoms with Gasteiger partial charge in [0.25, 0.3) is 0 Å². The number of nitrogen functional groups attached to an aromatic ring is 1. The molecule has 0 aliphatic rings. The molecule has 0 aliphatic heterocycles. The number of carboxylic acid groups (broad SMARTS) is 1. The summed E-state index contributed by atoms with van der Waals surface area (Å²) in [5.74, 6) is -0.736. The second kappa shape index (κ2) is 13.2. The number of unbranched alkanes of at least 4 members (excludes halogenated alkanes) is 1. The third-order valence-electron chi connectivity index (χ3n) is 3.91. The van der Waals surface area contributed by atoms with E-state index in [0.717, 1.165) is 12.8 Å². The Balaban J connectivity index is 0.00000218. The normalized spacial score (nSPS) is 10.8. The van der Waals surface area contributed by atoms with Crippen LogP contribution in [0.4, 0.5) is 5.82 Å². The topological polar surface area (TPSA) is 145 Å². The number of nitrogens with two attached hydrogens (primary N) is 1. The summed E-state index contributed by atoms with van der Waals surface area (Å²) in [6.45, 7) is 8.70. The minimum Gasteiger partial charge on any atom is -0.481 e. The van der Waals surface area contributed by atoms with Gasteiger partial charge in [-0.15, -0.1) is 0 Å². The van der Waals surface area contributed by atoms with E-state index >= 15 is 0 Å². The number of H-pyrrole nitrogens is 1. The lowest BCUT2D eigenvalue weighted by molar-refractivity contribution is -0.136. The first-order valence-electron chi connectivity index (χ1n) is 9.83. The molecule has 0 unspecified atom stereocenters. The van der Waals surface area contributed by atoms with Gasteiger partial charge in [-0.1, -0.05) is 38.2 Å². The number of fused-ring (bicyclic) bond motifs is 1. The zero-order valence-corrected chi connectivity index (χ0v) is 17.8. The maximum atomic E-state index is 12.2. The number of carboxylic acids is 1. The predicted octanol–water partition coefficient (Wildman–Crippen LogP) is 2.51. The summed E-state index contributed by atoms with van der Waals surface area (Å²) < 4.78 is 11.7. The van der Waals surface area contributed by atoms with Crippen molar-refractivity contribution in [2.75, 3.05) is 26.1 Å². The van der Waals surface area contributed by atoms with Crippen LogP contribution < -0.4 is 16.2 Å². The van der Waals surface area contributed by atoms with Crippen molar-refractivity contribution in [3.8, 4) is 6.01 Å². The summed E-state index contributed by atoms with van der Waals surface area (Å²) in [6, 6.07) is 0.0794. The summed E-state index contributed by atoms with van der Waals surface area (Å²) in [7, 11) is 1.56. The number of allylic oxidation sites excluding steroid dienone is 2. The number of methoxy groups -OCH3 is 1. The molecule has 0 atom stereocenters. The number of aromatic nitrogens is 4. The highest BCUT2D eigenvalue weighted by molar-refractivity contribution is 5.81. The molecule has 0 radical (unpaired) electrons. The van der Waals surface area contributed by atoms with E-state index in [4.69, 9.17) is 20.3 Å². The molecule has 0 amide bonds. The van der Waals surface area contributed by atoms with Gasteiger partial charge in [0.15, 0.2) is 11.5 Å². The number of carbonyl (C=O) groups is 1. The van der Waals surface area contributed by atoms with Crippen molar-refractivity contribution >= 4 is 23.0 Å². The van der Waals surface area contributed by atoms with Crippen LogP contribution >= 0.6 is 0 Å². The molecule has 2 heterocycles. The van der Waals surface area contributed by atoms with Crippen molar-refractivity contribution in [1.82, 2.24) is 19.5 Å². The number of aromatic amines is 1. The van der Waals surface area contributed by atoms with Gasteiger partial charge in [0, 0.05) is 13.7 Å². The number of imidazole rings is 1. The molecule has 0 fully saturated rings. The fourth-order valence-electron chi connectivity index (χ4n) is 2.55. The highest BCUT2D eigenvalue weighted by atomic mass is 16.5. The van der Waals surface area contributed by atoms with Crippen molar-refractivity contribution in [3.63, 3.8) is 0 Å². The minimum atomic E-state index is -0.869. The quantitative estimate of drug-likeness (QED) is 0.350. The van der Waals surface area contributed by atoms with Crippen LogP contribution in [0.25, 0.3) is 11.2 Å². The Hall–Kier alpha value is -3.14. The third kappa shape index (κ3) is 7.70. The van der Waals surface area contributed by atoms with Crippen LogP contribution in [0.1, 0.15) is 39.5 Å². The van der Waals surface area contributed by atoms with E-state index < -0.39 is 5.97 Å². The van der Waals surface area contributed by atoms with E-state index in [2.05, 4.69) is 21.5 Å². The van der Waals surface area contributed by atoms with Crippen molar-refractivity contribution in [2.24, 2.45) is 0 Å². The Kier molecular flexibility index (Phi) is 10.9. The molecule has 10 heteroatoms. The molecule has 0 spiro atoms. The molecule has 0 aliphatic carbocycles. The first-order chi connectivity index (χ1) is 14.4. The van der Waals surface area contributed by atoms with Crippen LogP contribution in [0.5, 0.6) is 6.01 Å². The molecule has 166 valence electrons. The number of rotatable bonds is 12. The second-order valence-corrected chi connectivity index (χ2v) is 6.16. The van der Waals surface area contributed by atoms with E-state index in [-0.39, 0.29) is 30.5 Å². The maximum absolute atomic E-state index is 12.2. The van der Waals surface area contributed by atoms with E-state index in [9.17, 15) is 9.59 Å². The van der Waals surface area contributed by atoms with Crippen LogP contribution in [-0.2, 0) is 16.1 Å². The van der Waals surface area contributed by atoms with Gasteiger partial charge in [0.1, 0.15) is 12.1 Å². The largest absolute Gasteiger partial charge is 0.481 e. The fourth-order valence-corrected chi connectivity index (χ4v) is 2.55. The number of aliphatic carboxylic acids is 1. The highest BCUT2D eigenvalue weighted by Gasteiger charge is 2.13. The molecule has 2 rings (SSSR count). The lowest BCUT2D eigenvalue weighted by Gasteiger charge is -2.05. The van der Waals surface area contributed by atoms with Crippen LogP contribution in [0.3, 0.4) is 0 Å². The smallest absolute Gasteiger partial charge is 0.328 e. The number of nitrogens with one attached hydrogen (secondary N) is 1. The molecule has 2 aromatic rings. The molecule has 0 saturated carbocycles. The standard InChI is InChI=1S/C18H25N5O5.C2H6/c1-12(11-13(24)25)7-5-3-4-6-8-23-16-14(20-18(23)26)15(19)21-17(22-16)28-10-9-27-2;1-2/h4,6H,1,3,5,7-11H2,2H3,(H,20,26)(H,24,25)(H2,19,21,22);1-2H3/b6-4+;. The number of hydrogen-bond donors (Lipinski definition) is 3. The Labute approximate surface area is 175 Å². The number of hydrogen-bond acceptors (Lipinski definition) is 7. The lowest BCUT2D eigenvalue weighted by Crippen LogP contribution is -2.16. The summed E-state index contributed by atoms with van der Waals surface area (Å²) >= 11 is 0. The Bertz CT molecular complexity index is 916. The zero-order chi connectivity index (χ0) is 22.5. The molecular weight excluding hydrogens is 390 g/mol. The summed E-state index contributed by atoms with van der Waals surface area (Å²) in [5.41, 5.74) is 6.97. The average Bonchev–Trinajstić information content (AvgIpc) is 3.02. The van der Waals surface area contributed by atoms with Crippen molar-refractivity contribution in [1.29, 1.82) is 0 Å². The second-order valence-electron chi connectivity index (χ2n) is 6.16. The maximum Gasteiger partial charge on any atom is 0.328 e. The van der Waals surface area contributed by atoms with Gasteiger partial charge in [0.05, 0.1) is 13.0 Å². The van der Waals surface area contributed by atoms with Crippen LogP contribution in [0.2, 0.25) is 0 Å². The minimum absolute atomic E-state index is 0.00956. The van der Waals surface area contributed by atoms with Crippen LogP contribution in [0, 0.1) is 0 Å². The lowest BCUT2D eigenvalue weighted by atomic mass is 10.1. The van der Waals surface area contributed by atoms with Crippen molar-refractivity contribution in [2.45, 2.75) is 46.1 Å². The van der Waals surface area contributed by atoms with Crippen molar-refractivity contribution in [3.05, 3.63) is 34.8 Å². The van der Waals surface area contributed by atoms with Gasteiger partial charge in [-0.05, 0) is 19.3 Å². The average molecular weight is 421 g/mol. The molecular formula is C20H31N5O5. The fraction of sp³-hybridized carbons (Fsp3) is 0.500. The van der Waals surface area contributed by atoms with E-state index in [0.29, 0.717) is 36.3 Å². The molecule has 0 aromatic carbocycles. The van der Waals surface area contributed by atoms with Crippen LogP contribution in [0.15, 0.2) is 29.1 Å². The van der Waals surface area contributed by atoms with Gasteiger partial charge < -0.3 is 25.3 Å². The van der Waals surface area contributed by atoms with E-state index in [1.165, 1.54) is 4.57 Å². The third-order valence-corrected chi connectivity index (χ3v) is 3.91. The first kappa shape index (κ1) is 24.9. The SMILES string of the molecule is C=C(CCC/C=C/Cn1c(=O)[nH]c2c(N)nc(OCCOC)nc21)CC(=O)O.CC.